The second-order valence-corrected chi connectivity index (χ2v) is 5.87. The number of aromatic nitrogens is 3. The van der Waals surface area contributed by atoms with Gasteiger partial charge in [-0.3, -0.25) is 9.78 Å². The normalized spacial score (nSPS) is 16.8. The minimum absolute atomic E-state index is 0.0447. The lowest BCUT2D eigenvalue weighted by Gasteiger charge is -2.17. The lowest BCUT2D eigenvalue weighted by atomic mass is 10.2. The smallest absolute Gasteiger partial charge is 0.287 e. The summed E-state index contributed by atoms with van der Waals surface area (Å²) in [6, 6.07) is 9.12. The van der Waals surface area contributed by atoms with Crippen LogP contribution >= 0.6 is 0 Å². The fraction of sp³-hybridized carbons (Fsp3) is 0.222. The van der Waals surface area contributed by atoms with Gasteiger partial charge in [0.15, 0.2) is 5.76 Å². The Labute approximate surface area is 144 Å². The highest BCUT2D eigenvalue weighted by Crippen LogP contribution is 2.21. The molecule has 1 N–H and O–H groups in total. The largest absolute Gasteiger partial charge is 0.459 e. The van der Waals surface area contributed by atoms with Crippen LogP contribution in [0.5, 0.6) is 0 Å². The molecule has 7 heteroatoms. The van der Waals surface area contributed by atoms with Gasteiger partial charge < -0.3 is 14.6 Å². The number of nitrogens with one attached hydrogen (secondary N) is 1. The van der Waals surface area contributed by atoms with Gasteiger partial charge in [-0.25, -0.2) is 9.97 Å². The number of carbonyl (C=O) groups is 1. The minimum atomic E-state index is -0.193. The summed E-state index contributed by atoms with van der Waals surface area (Å²) in [4.78, 5) is 27.3. The molecule has 0 radical (unpaired) electrons. The van der Waals surface area contributed by atoms with Crippen LogP contribution in [0.25, 0.3) is 11.3 Å². The topological polar surface area (TPSA) is 84.2 Å². The van der Waals surface area contributed by atoms with Gasteiger partial charge in [0.25, 0.3) is 5.91 Å². The summed E-state index contributed by atoms with van der Waals surface area (Å²) in [6.45, 7) is 1.46. The van der Waals surface area contributed by atoms with Crippen LogP contribution in [0.15, 0.2) is 59.6 Å². The van der Waals surface area contributed by atoms with Gasteiger partial charge >= 0.3 is 0 Å². The zero-order valence-corrected chi connectivity index (χ0v) is 13.5. The lowest BCUT2D eigenvalue weighted by molar-refractivity contribution is 0.0912. The summed E-state index contributed by atoms with van der Waals surface area (Å²) < 4.78 is 5.13. The van der Waals surface area contributed by atoms with Crippen LogP contribution in [0.2, 0.25) is 0 Å². The van der Waals surface area contributed by atoms with Gasteiger partial charge in [0.05, 0.1) is 12.0 Å². The van der Waals surface area contributed by atoms with Gasteiger partial charge in [0, 0.05) is 43.3 Å². The SMILES string of the molecule is O=C(NC1CCN(c2nccc(-c3cccnc3)n2)C1)c1ccco1. The molecule has 3 aromatic heterocycles. The molecule has 0 bridgehead atoms. The third kappa shape index (κ3) is 3.35. The molecule has 1 unspecified atom stereocenters. The van der Waals surface area contributed by atoms with Crippen LogP contribution in [-0.4, -0.2) is 40.0 Å². The number of pyridine rings is 1. The number of carbonyl (C=O) groups excluding carboxylic acids is 1. The second kappa shape index (κ2) is 6.72. The van der Waals surface area contributed by atoms with Crippen LogP contribution in [-0.2, 0) is 0 Å². The minimum Gasteiger partial charge on any atom is -0.459 e. The predicted octanol–water partition coefficient (Wildman–Crippen LogP) is 2.14. The van der Waals surface area contributed by atoms with E-state index in [1.54, 1.807) is 30.7 Å². The number of rotatable bonds is 4. The Hall–Kier alpha value is -3.22. The Morgan fingerprint density at radius 1 is 1.24 bits per heavy atom. The van der Waals surface area contributed by atoms with Crippen molar-refractivity contribution in [1.29, 1.82) is 0 Å². The molecular weight excluding hydrogens is 318 g/mol. The fourth-order valence-electron chi connectivity index (χ4n) is 2.90. The van der Waals surface area contributed by atoms with Crippen LogP contribution in [0.4, 0.5) is 5.95 Å². The van der Waals surface area contributed by atoms with Crippen molar-refractivity contribution in [3.05, 3.63) is 60.9 Å². The quantitative estimate of drug-likeness (QED) is 0.786. The molecule has 0 aliphatic carbocycles. The number of furan rings is 1. The summed E-state index contributed by atoms with van der Waals surface area (Å²) in [5, 5.41) is 2.99. The van der Waals surface area contributed by atoms with E-state index < -0.39 is 0 Å². The van der Waals surface area contributed by atoms with Crippen molar-refractivity contribution in [1.82, 2.24) is 20.3 Å². The first-order valence-electron chi connectivity index (χ1n) is 8.12. The first-order chi connectivity index (χ1) is 12.3. The monoisotopic (exact) mass is 335 g/mol. The number of nitrogens with zero attached hydrogens (tertiary/aromatic N) is 4. The first kappa shape index (κ1) is 15.3. The Morgan fingerprint density at radius 2 is 2.20 bits per heavy atom. The van der Waals surface area contributed by atoms with Crippen LogP contribution in [0.3, 0.4) is 0 Å². The Kier molecular flexibility index (Phi) is 4.12. The fourth-order valence-corrected chi connectivity index (χ4v) is 2.90. The van der Waals surface area contributed by atoms with Gasteiger partial charge in [-0.05, 0) is 36.8 Å². The number of amides is 1. The summed E-state index contributed by atoms with van der Waals surface area (Å²) in [5.74, 6) is 0.797. The van der Waals surface area contributed by atoms with E-state index in [9.17, 15) is 4.79 Å². The highest BCUT2D eigenvalue weighted by molar-refractivity contribution is 5.91. The van der Waals surface area contributed by atoms with Gasteiger partial charge in [0.2, 0.25) is 5.95 Å². The van der Waals surface area contributed by atoms with E-state index in [0.717, 1.165) is 24.2 Å². The van der Waals surface area contributed by atoms with E-state index in [2.05, 4.69) is 25.2 Å². The van der Waals surface area contributed by atoms with E-state index in [-0.39, 0.29) is 11.9 Å². The van der Waals surface area contributed by atoms with Crippen LogP contribution in [0, 0.1) is 0 Å². The zero-order chi connectivity index (χ0) is 17.1. The second-order valence-electron chi connectivity index (χ2n) is 5.87. The maximum atomic E-state index is 12.1. The van der Waals surface area contributed by atoms with Crippen molar-refractivity contribution in [3.63, 3.8) is 0 Å². The van der Waals surface area contributed by atoms with Crippen molar-refractivity contribution < 1.29 is 9.21 Å². The molecular formula is C18H17N5O2. The molecule has 1 aliphatic heterocycles. The summed E-state index contributed by atoms with van der Waals surface area (Å²) in [6.07, 6.45) is 7.60. The molecule has 3 aromatic rings. The standard InChI is InChI=1S/C18H17N5O2/c24-17(16-4-2-10-25-16)21-14-6-9-23(12-14)18-20-8-5-15(22-18)13-3-1-7-19-11-13/h1-5,7-8,10-11,14H,6,9,12H2,(H,21,24). The summed E-state index contributed by atoms with van der Waals surface area (Å²) in [7, 11) is 0. The molecule has 1 aliphatic rings. The van der Waals surface area contributed by atoms with E-state index in [0.29, 0.717) is 18.3 Å². The Morgan fingerprint density at radius 3 is 3.00 bits per heavy atom. The van der Waals surface area contributed by atoms with Crippen molar-refractivity contribution in [2.45, 2.75) is 12.5 Å². The Balaban J connectivity index is 1.44. The number of hydrogen-bond acceptors (Lipinski definition) is 6. The van der Waals surface area contributed by atoms with Gasteiger partial charge in [-0.15, -0.1) is 0 Å². The molecule has 0 spiro atoms. The molecule has 4 heterocycles. The maximum absolute atomic E-state index is 12.1. The summed E-state index contributed by atoms with van der Waals surface area (Å²) >= 11 is 0. The average molecular weight is 335 g/mol. The highest BCUT2D eigenvalue weighted by Gasteiger charge is 2.26. The zero-order valence-electron chi connectivity index (χ0n) is 13.5. The first-order valence-corrected chi connectivity index (χ1v) is 8.12. The van der Waals surface area contributed by atoms with Crippen molar-refractivity contribution in [3.8, 4) is 11.3 Å². The van der Waals surface area contributed by atoms with Gasteiger partial charge in [-0.2, -0.15) is 0 Å². The molecule has 1 fully saturated rings. The summed E-state index contributed by atoms with van der Waals surface area (Å²) in [5.41, 5.74) is 1.79. The Bertz CT molecular complexity index is 851. The maximum Gasteiger partial charge on any atom is 0.287 e. The lowest BCUT2D eigenvalue weighted by Crippen LogP contribution is -2.37. The van der Waals surface area contributed by atoms with Crippen molar-refractivity contribution in [2.24, 2.45) is 0 Å². The van der Waals surface area contributed by atoms with Crippen LogP contribution in [0.1, 0.15) is 17.0 Å². The average Bonchev–Trinajstić information content (AvgIpc) is 3.35. The molecule has 7 nitrogen and oxygen atoms in total. The third-order valence-electron chi connectivity index (χ3n) is 4.15. The molecule has 0 aromatic carbocycles. The van der Waals surface area contributed by atoms with Gasteiger partial charge in [-0.1, -0.05) is 0 Å². The van der Waals surface area contributed by atoms with E-state index in [1.165, 1.54) is 6.26 Å². The van der Waals surface area contributed by atoms with E-state index in [1.807, 2.05) is 18.2 Å². The molecule has 1 atom stereocenters. The molecule has 4 rings (SSSR count). The highest BCUT2D eigenvalue weighted by atomic mass is 16.3. The van der Waals surface area contributed by atoms with E-state index >= 15 is 0 Å². The van der Waals surface area contributed by atoms with Crippen molar-refractivity contribution >= 4 is 11.9 Å². The number of anilines is 1. The molecule has 0 saturated carbocycles. The third-order valence-corrected chi connectivity index (χ3v) is 4.15. The van der Waals surface area contributed by atoms with E-state index in [4.69, 9.17) is 4.42 Å². The molecule has 1 amide bonds. The van der Waals surface area contributed by atoms with Crippen LogP contribution < -0.4 is 10.2 Å². The van der Waals surface area contributed by atoms with Crippen molar-refractivity contribution in [2.75, 3.05) is 18.0 Å². The number of hydrogen-bond donors (Lipinski definition) is 1. The molecule has 25 heavy (non-hydrogen) atoms. The van der Waals surface area contributed by atoms with Gasteiger partial charge in [0.1, 0.15) is 0 Å². The molecule has 126 valence electrons. The molecule has 1 saturated heterocycles. The predicted molar refractivity (Wildman–Crippen MR) is 92.1 cm³/mol.